The Balaban J connectivity index is 2.45. The zero-order valence-electron chi connectivity index (χ0n) is 3.37. The standard InChI is InChI=1S/C5H5Br/c6-5-3-1-2-4-5/h5H,1,3H2. The molecule has 1 rings (SSSR count). The van der Waals surface area contributed by atoms with E-state index in [1.165, 1.54) is 6.42 Å². The van der Waals surface area contributed by atoms with Crippen LogP contribution in [0.4, 0.5) is 0 Å². The van der Waals surface area contributed by atoms with Crippen molar-refractivity contribution >= 4 is 15.9 Å². The molecule has 0 nitrogen and oxygen atoms in total. The highest BCUT2D eigenvalue weighted by Gasteiger charge is 2.00. The maximum absolute atomic E-state index is 3.36. The predicted octanol–water partition coefficient (Wildman–Crippen LogP) is 1.55. The van der Waals surface area contributed by atoms with E-state index in [0.29, 0.717) is 4.83 Å². The number of rotatable bonds is 0. The normalized spacial score (nSPS) is 29.2. The van der Waals surface area contributed by atoms with E-state index >= 15 is 0 Å². The Morgan fingerprint density at radius 1 is 1.67 bits per heavy atom. The minimum absolute atomic E-state index is 0.498. The molecular formula is C5H5Br. The average molecular weight is 145 g/mol. The molecule has 32 valence electrons. The van der Waals surface area contributed by atoms with Gasteiger partial charge in [-0.05, 0) is 6.42 Å². The third-order valence-corrected chi connectivity index (χ3v) is 1.47. The highest BCUT2D eigenvalue weighted by molar-refractivity contribution is 9.09. The SMILES string of the molecule is BrC1C#CCC1. The smallest absolute Gasteiger partial charge is 0.0763 e. The lowest BCUT2D eigenvalue weighted by atomic mass is 10.4. The number of alkyl halides is 1. The van der Waals surface area contributed by atoms with Gasteiger partial charge in [0.05, 0.1) is 4.83 Å². The summed E-state index contributed by atoms with van der Waals surface area (Å²) in [4.78, 5) is 0.498. The fourth-order valence-corrected chi connectivity index (χ4v) is 0.845. The zero-order valence-corrected chi connectivity index (χ0v) is 4.96. The quantitative estimate of drug-likeness (QED) is 0.358. The molecule has 0 aliphatic heterocycles. The van der Waals surface area contributed by atoms with E-state index in [1.54, 1.807) is 0 Å². The highest BCUT2D eigenvalue weighted by atomic mass is 79.9. The molecule has 1 atom stereocenters. The average Bonchev–Trinajstić information content (AvgIpc) is 1.86. The van der Waals surface area contributed by atoms with Crippen LogP contribution in [0.2, 0.25) is 0 Å². The number of halogens is 1. The molecule has 0 spiro atoms. The van der Waals surface area contributed by atoms with Gasteiger partial charge in [-0.3, -0.25) is 0 Å². The van der Waals surface area contributed by atoms with Crippen LogP contribution in [0.5, 0.6) is 0 Å². The summed E-state index contributed by atoms with van der Waals surface area (Å²) >= 11 is 3.36. The fourth-order valence-electron chi connectivity index (χ4n) is 0.454. The Morgan fingerprint density at radius 3 is 2.67 bits per heavy atom. The van der Waals surface area contributed by atoms with Crippen molar-refractivity contribution in [1.82, 2.24) is 0 Å². The summed E-state index contributed by atoms with van der Waals surface area (Å²) < 4.78 is 0. The molecule has 0 aromatic carbocycles. The summed E-state index contributed by atoms with van der Waals surface area (Å²) in [5, 5.41) is 0. The van der Waals surface area contributed by atoms with Crippen molar-refractivity contribution in [3.8, 4) is 11.8 Å². The zero-order chi connectivity index (χ0) is 4.41. The lowest BCUT2D eigenvalue weighted by Crippen LogP contribution is -1.82. The van der Waals surface area contributed by atoms with Crippen molar-refractivity contribution in [3.05, 3.63) is 0 Å². The van der Waals surface area contributed by atoms with E-state index in [0.717, 1.165) is 6.42 Å². The molecule has 1 aliphatic carbocycles. The highest BCUT2D eigenvalue weighted by Crippen LogP contribution is 2.10. The maximum Gasteiger partial charge on any atom is 0.0763 e. The lowest BCUT2D eigenvalue weighted by Gasteiger charge is -1.84. The second-order valence-corrected chi connectivity index (χ2v) is 2.43. The van der Waals surface area contributed by atoms with Crippen LogP contribution in [-0.2, 0) is 0 Å². The van der Waals surface area contributed by atoms with Gasteiger partial charge in [-0.2, -0.15) is 0 Å². The topological polar surface area (TPSA) is 0 Å². The van der Waals surface area contributed by atoms with E-state index in [1.807, 2.05) is 0 Å². The molecule has 0 aromatic rings. The third-order valence-electron chi connectivity index (χ3n) is 0.781. The van der Waals surface area contributed by atoms with Crippen LogP contribution in [0.15, 0.2) is 0 Å². The molecule has 1 heteroatoms. The second kappa shape index (κ2) is 1.66. The Morgan fingerprint density at radius 2 is 2.50 bits per heavy atom. The summed E-state index contributed by atoms with van der Waals surface area (Å²) in [6.07, 6.45) is 2.26. The summed E-state index contributed by atoms with van der Waals surface area (Å²) in [7, 11) is 0. The minimum Gasteiger partial charge on any atom is -0.102 e. The molecule has 0 saturated carbocycles. The molecular weight excluding hydrogens is 140 g/mol. The molecule has 0 amide bonds. The predicted molar refractivity (Wildman–Crippen MR) is 29.7 cm³/mol. The van der Waals surface area contributed by atoms with Crippen LogP contribution < -0.4 is 0 Å². The van der Waals surface area contributed by atoms with Gasteiger partial charge in [0.2, 0.25) is 0 Å². The van der Waals surface area contributed by atoms with E-state index in [9.17, 15) is 0 Å². The van der Waals surface area contributed by atoms with E-state index < -0.39 is 0 Å². The van der Waals surface area contributed by atoms with Crippen LogP contribution in [0.1, 0.15) is 12.8 Å². The van der Waals surface area contributed by atoms with Crippen molar-refractivity contribution in [2.24, 2.45) is 0 Å². The molecule has 0 aromatic heterocycles. The van der Waals surface area contributed by atoms with Crippen LogP contribution in [0, 0.1) is 11.8 Å². The van der Waals surface area contributed by atoms with Crippen LogP contribution >= 0.6 is 15.9 Å². The molecule has 0 fully saturated rings. The molecule has 0 saturated heterocycles. The van der Waals surface area contributed by atoms with Crippen LogP contribution in [0.25, 0.3) is 0 Å². The largest absolute Gasteiger partial charge is 0.102 e. The van der Waals surface area contributed by atoms with Gasteiger partial charge >= 0.3 is 0 Å². The summed E-state index contributed by atoms with van der Waals surface area (Å²) in [5.41, 5.74) is 0. The number of hydrogen-bond donors (Lipinski definition) is 0. The number of hydrogen-bond acceptors (Lipinski definition) is 0. The molecule has 6 heavy (non-hydrogen) atoms. The summed E-state index contributed by atoms with van der Waals surface area (Å²) in [6, 6.07) is 0. The van der Waals surface area contributed by atoms with E-state index in [2.05, 4.69) is 27.8 Å². The summed E-state index contributed by atoms with van der Waals surface area (Å²) in [5.74, 6) is 5.96. The first-order chi connectivity index (χ1) is 2.89. The van der Waals surface area contributed by atoms with Gasteiger partial charge in [0.25, 0.3) is 0 Å². The molecule has 0 radical (unpaired) electrons. The van der Waals surface area contributed by atoms with E-state index in [-0.39, 0.29) is 0 Å². The van der Waals surface area contributed by atoms with Crippen molar-refractivity contribution in [3.63, 3.8) is 0 Å². The van der Waals surface area contributed by atoms with Crippen molar-refractivity contribution in [2.75, 3.05) is 0 Å². The van der Waals surface area contributed by atoms with E-state index in [4.69, 9.17) is 0 Å². The molecule has 0 N–H and O–H groups in total. The summed E-state index contributed by atoms with van der Waals surface area (Å²) in [6.45, 7) is 0. The van der Waals surface area contributed by atoms with Crippen molar-refractivity contribution in [1.29, 1.82) is 0 Å². The van der Waals surface area contributed by atoms with Crippen LogP contribution in [0.3, 0.4) is 0 Å². The van der Waals surface area contributed by atoms with Crippen molar-refractivity contribution in [2.45, 2.75) is 17.7 Å². The first-order valence-corrected chi connectivity index (χ1v) is 2.93. The minimum atomic E-state index is 0.498. The Kier molecular flexibility index (Phi) is 1.16. The maximum atomic E-state index is 3.36. The Labute approximate surface area is 46.1 Å². The van der Waals surface area contributed by atoms with Gasteiger partial charge in [0.1, 0.15) is 0 Å². The van der Waals surface area contributed by atoms with Gasteiger partial charge in [-0.1, -0.05) is 21.9 Å². The Bertz CT molecular complexity index is 96.2. The molecule has 1 aliphatic rings. The molecule has 1 unspecified atom stereocenters. The molecule has 0 heterocycles. The third kappa shape index (κ3) is 0.753. The van der Waals surface area contributed by atoms with Gasteiger partial charge in [0.15, 0.2) is 0 Å². The van der Waals surface area contributed by atoms with Gasteiger partial charge < -0.3 is 0 Å². The van der Waals surface area contributed by atoms with Crippen molar-refractivity contribution < 1.29 is 0 Å². The fraction of sp³-hybridized carbons (Fsp3) is 0.600. The van der Waals surface area contributed by atoms with Gasteiger partial charge in [0, 0.05) is 6.42 Å². The second-order valence-electron chi connectivity index (χ2n) is 1.33. The molecule has 0 bridgehead atoms. The van der Waals surface area contributed by atoms with Gasteiger partial charge in [-0.15, -0.1) is 5.92 Å². The van der Waals surface area contributed by atoms with Gasteiger partial charge in [-0.25, -0.2) is 0 Å². The lowest BCUT2D eigenvalue weighted by molar-refractivity contribution is 0.966. The first-order valence-electron chi connectivity index (χ1n) is 2.02. The van der Waals surface area contributed by atoms with Crippen LogP contribution in [-0.4, -0.2) is 4.83 Å². The monoisotopic (exact) mass is 144 g/mol. The Hall–Kier alpha value is 0.0400. The first kappa shape index (κ1) is 4.21.